The smallest absolute Gasteiger partial charge is 0.169 e. The number of aromatic nitrogens is 2. The lowest BCUT2D eigenvalue weighted by atomic mass is 9.84. The van der Waals surface area contributed by atoms with Gasteiger partial charge < -0.3 is 0 Å². The molecule has 3 atom stereocenters. The van der Waals surface area contributed by atoms with Crippen LogP contribution in [-0.2, 0) is 0 Å². The van der Waals surface area contributed by atoms with E-state index in [0.29, 0.717) is 11.7 Å². The van der Waals surface area contributed by atoms with Crippen LogP contribution in [-0.4, -0.2) is 15.6 Å². The summed E-state index contributed by atoms with van der Waals surface area (Å²) >= 11 is 0. The highest BCUT2D eigenvalue weighted by atomic mass is 16.1. The average Bonchev–Trinajstić information content (AvgIpc) is 3.23. The maximum Gasteiger partial charge on any atom is 0.169 e. The van der Waals surface area contributed by atoms with Crippen LogP contribution < -0.4 is 0 Å². The average molecular weight is 266 g/mol. The number of carbonyl (C=O) groups excluding carboxylic acids is 1. The van der Waals surface area contributed by atoms with Crippen LogP contribution in [0.4, 0.5) is 0 Å². The number of para-hydroxylation sites is 1. The van der Waals surface area contributed by atoms with Crippen molar-refractivity contribution in [2.75, 3.05) is 0 Å². The Morgan fingerprint density at radius 2 is 2.00 bits per heavy atom. The van der Waals surface area contributed by atoms with E-state index in [1.54, 1.807) is 10.9 Å². The third-order valence-corrected chi connectivity index (χ3v) is 4.96. The molecule has 1 aromatic heterocycles. The van der Waals surface area contributed by atoms with Gasteiger partial charge in [0, 0.05) is 12.1 Å². The van der Waals surface area contributed by atoms with Crippen LogP contribution >= 0.6 is 0 Å². The molecule has 2 saturated carbocycles. The predicted octanol–water partition coefficient (Wildman–Crippen LogP) is 3.49. The molecule has 3 unspecified atom stereocenters. The van der Waals surface area contributed by atoms with Gasteiger partial charge in [0.25, 0.3) is 0 Å². The first kappa shape index (κ1) is 11.9. The number of Topliss-reactive ketones (excluding diaryl/α,β-unsaturated/α-hetero) is 1. The third-order valence-electron chi connectivity index (χ3n) is 4.96. The molecule has 0 aliphatic heterocycles. The minimum atomic E-state index is 0.252. The predicted molar refractivity (Wildman–Crippen MR) is 76.8 cm³/mol. The van der Waals surface area contributed by atoms with Gasteiger partial charge in [0.1, 0.15) is 0 Å². The van der Waals surface area contributed by atoms with E-state index < -0.39 is 0 Å². The molecule has 2 aromatic rings. The molecule has 2 aliphatic carbocycles. The van der Waals surface area contributed by atoms with E-state index in [0.717, 1.165) is 23.6 Å². The lowest BCUT2D eigenvalue weighted by Gasteiger charge is -2.19. The van der Waals surface area contributed by atoms with Crippen molar-refractivity contribution in [2.24, 2.45) is 17.8 Å². The summed E-state index contributed by atoms with van der Waals surface area (Å²) in [6, 6.07) is 9.94. The van der Waals surface area contributed by atoms with Crippen LogP contribution in [0.2, 0.25) is 0 Å². The molecular formula is C17H18N2O. The van der Waals surface area contributed by atoms with Gasteiger partial charge in [-0.05, 0) is 43.2 Å². The van der Waals surface area contributed by atoms with Gasteiger partial charge in [0.05, 0.1) is 17.4 Å². The fraction of sp³-hybridized carbons (Fsp3) is 0.412. The molecule has 2 aliphatic rings. The summed E-state index contributed by atoms with van der Waals surface area (Å²) in [4.78, 5) is 12.6. The monoisotopic (exact) mass is 266 g/mol. The Labute approximate surface area is 118 Å². The molecule has 0 N–H and O–H groups in total. The van der Waals surface area contributed by atoms with Crippen LogP contribution in [0, 0.1) is 17.8 Å². The number of fused-ring (bicyclic) bond motifs is 2. The Bertz CT molecular complexity index is 631. The molecule has 0 saturated heterocycles. The molecule has 0 radical (unpaired) electrons. The summed E-state index contributed by atoms with van der Waals surface area (Å²) in [7, 11) is 0. The SMILES string of the molecule is O=C(c1cnn(-c2ccccc2)c1)C1CC2CCC1C2. The summed E-state index contributed by atoms with van der Waals surface area (Å²) in [6.07, 6.45) is 8.54. The van der Waals surface area contributed by atoms with Gasteiger partial charge in [-0.3, -0.25) is 4.79 Å². The summed E-state index contributed by atoms with van der Waals surface area (Å²) in [5, 5.41) is 4.34. The molecular weight excluding hydrogens is 248 g/mol. The molecule has 4 rings (SSSR count). The van der Waals surface area contributed by atoms with Crippen molar-refractivity contribution in [1.82, 2.24) is 9.78 Å². The van der Waals surface area contributed by atoms with Gasteiger partial charge >= 0.3 is 0 Å². The molecule has 3 heteroatoms. The fourth-order valence-corrected chi connectivity index (χ4v) is 3.95. The van der Waals surface area contributed by atoms with Crippen molar-refractivity contribution in [3.05, 3.63) is 48.3 Å². The molecule has 0 spiro atoms. The molecule has 1 aromatic carbocycles. The maximum absolute atomic E-state index is 12.6. The second kappa shape index (κ2) is 4.58. The molecule has 20 heavy (non-hydrogen) atoms. The van der Waals surface area contributed by atoms with E-state index >= 15 is 0 Å². The van der Waals surface area contributed by atoms with E-state index in [-0.39, 0.29) is 5.92 Å². The van der Waals surface area contributed by atoms with Gasteiger partial charge in [-0.1, -0.05) is 24.6 Å². The Morgan fingerprint density at radius 1 is 1.15 bits per heavy atom. The normalized spacial score (nSPS) is 27.9. The van der Waals surface area contributed by atoms with Gasteiger partial charge in [0.2, 0.25) is 0 Å². The van der Waals surface area contributed by atoms with Crippen LogP contribution in [0.15, 0.2) is 42.7 Å². The molecule has 102 valence electrons. The number of carbonyl (C=O) groups is 1. The first-order valence-corrected chi connectivity index (χ1v) is 7.45. The van der Waals surface area contributed by atoms with Gasteiger partial charge in [0.15, 0.2) is 5.78 Å². The van der Waals surface area contributed by atoms with Gasteiger partial charge in [-0.15, -0.1) is 0 Å². The number of hydrogen-bond donors (Lipinski definition) is 0. The standard InChI is InChI=1S/C17H18N2O/c20-17(16-9-12-6-7-13(16)8-12)14-10-18-19(11-14)15-4-2-1-3-5-15/h1-5,10-13,16H,6-9H2. The van der Waals surface area contributed by atoms with Crippen molar-refractivity contribution in [3.8, 4) is 5.69 Å². The fourth-order valence-electron chi connectivity index (χ4n) is 3.95. The van der Waals surface area contributed by atoms with Crippen LogP contribution in [0.3, 0.4) is 0 Å². The zero-order valence-corrected chi connectivity index (χ0v) is 11.4. The molecule has 2 fully saturated rings. The van der Waals surface area contributed by atoms with Crippen molar-refractivity contribution in [1.29, 1.82) is 0 Å². The second-order valence-electron chi connectivity index (χ2n) is 6.15. The maximum atomic E-state index is 12.6. The first-order chi connectivity index (χ1) is 9.81. The van der Waals surface area contributed by atoms with E-state index in [2.05, 4.69) is 5.10 Å². The number of benzene rings is 1. The molecule has 0 amide bonds. The molecule has 1 heterocycles. The lowest BCUT2D eigenvalue weighted by molar-refractivity contribution is 0.0874. The summed E-state index contributed by atoms with van der Waals surface area (Å²) in [5.41, 5.74) is 1.77. The molecule has 3 nitrogen and oxygen atoms in total. The van der Waals surface area contributed by atoms with E-state index in [9.17, 15) is 4.79 Å². The number of nitrogens with zero attached hydrogens (tertiary/aromatic N) is 2. The number of ketones is 1. The van der Waals surface area contributed by atoms with Crippen molar-refractivity contribution < 1.29 is 4.79 Å². The number of rotatable bonds is 3. The quantitative estimate of drug-likeness (QED) is 0.797. The summed E-state index contributed by atoms with van der Waals surface area (Å²) in [5.74, 6) is 1.99. The van der Waals surface area contributed by atoms with Gasteiger partial charge in [-0.25, -0.2) is 4.68 Å². The largest absolute Gasteiger partial charge is 0.294 e. The Morgan fingerprint density at radius 3 is 2.70 bits per heavy atom. The minimum absolute atomic E-state index is 0.252. The first-order valence-electron chi connectivity index (χ1n) is 7.45. The topological polar surface area (TPSA) is 34.9 Å². The van der Waals surface area contributed by atoms with E-state index in [4.69, 9.17) is 0 Å². The van der Waals surface area contributed by atoms with Crippen molar-refractivity contribution in [3.63, 3.8) is 0 Å². The minimum Gasteiger partial charge on any atom is -0.294 e. The number of hydrogen-bond acceptors (Lipinski definition) is 2. The molecule has 2 bridgehead atoms. The van der Waals surface area contributed by atoms with Crippen LogP contribution in [0.1, 0.15) is 36.0 Å². The zero-order chi connectivity index (χ0) is 13.5. The highest BCUT2D eigenvalue weighted by Gasteiger charge is 2.43. The lowest BCUT2D eigenvalue weighted by Crippen LogP contribution is -2.20. The summed E-state index contributed by atoms with van der Waals surface area (Å²) < 4.78 is 1.79. The Kier molecular flexibility index (Phi) is 2.72. The van der Waals surface area contributed by atoms with Crippen LogP contribution in [0.25, 0.3) is 5.69 Å². The third kappa shape index (κ3) is 1.89. The highest BCUT2D eigenvalue weighted by molar-refractivity contribution is 5.98. The van der Waals surface area contributed by atoms with E-state index in [1.807, 2.05) is 36.5 Å². The second-order valence-corrected chi connectivity index (χ2v) is 6.15. The van der Waals surface area contributed by atoms with Crippen molar-refractivity contribution in [2.45, 2.75) is 25.7 Å². The zero-order valence-electron chi connectivity index (χ0n) is 11.4. The highest BCUT2D eigenvalue weighted by Crippen LogP contribution is 2.49. The Balaban J connectivity index is 1.58. The summed E-state index contributed by atoms with van der Waals surface area (Å²) in [6.45, 7) is 0. The van der Waals surface area contributed by atoms with Crippen LogP contribution in [0.5, 0.6) is 0 Å². The van der Waals surface area contributed by atoms with Crippen molar-refractivity contribution >= 4 is 5.78 Å². The Hall–Kier alpha value is -1.90. The van der Waals surface area contributed by atoms with Gasteiger partial charge in [-0.2, -0.15) is 5.10 Å². The van der Waals surface area contributed by atoms with E-state index in [1.165, 1.54) is 19.3 Å².